The third kappa shape index (κ3) is 1.46. The van der Waals surface area contributed by atoms with Crippen molar-refractivity contribution in [3.05, 3.63) is 35.9 Å². The van der Waals surface area contributed by atoms with Crippen LogP contribution >= 0.6 is 0 Å². The van der Waals surface area contributed by atoms with Gasteiger partial charge in [0.15, 0.2) is 0 Å². The van der Waals surface area contributed by atoms with E-state index in [4.69, 9.17) is 0 Å². The fraction of sp³-hybridized carbons (Fsp3) is 0.333. The molecule has 0 spiro atoms. The van der Waals surface area contributed by atoms with Crippen LogP contribution in [0.2, 0.25) is 0 Å². The molecule has 0 radical (unpaired) electrons. The summed E-state index contributed by atoms with van der Waals surface area (Å²) in [7, 11) is 1.96. The Hall–Kier alpha value is -1.24. The van der Waals surface area contributed by atoms with E-state index in [1.54, 1.807) is 0 Å². The maximum atomic E-state index is 3.87. The SMILES string of the molecule is C=Cc1c(NC)cccc1C1CC1. The van der Waals surface area contributed by atoms with Gasteiger partial charge in [-0.15, -0.1) is 0 Å². The molecule has 1 N–H and O–H groups in total. The predicted molar refractivity (Wildman–Crippen MR) is 58.1 cm³/mol. The van der Waals surface area contributed by atoms with Crippen molar-refractivity contribution in [1.82, 2.24) is 0 Å². The summed E-state index contributed by atoms with van der Waals surface area (Å²) < 4.78 is 0. The van der Waals surface area contributed by atoms with E-state index in [-0.39, 0.29) is 0 Å². The summed E-state index contributed by atoms with van der Waals surface area (Å²) in [5, 5.41) is 3.20. The van der Waals surface area contributed by atoms with Crippen LogP contribution in [0.1, 0.15) is 29.9 Å². The van der Waals surface area contributed by atoms with Crippen LogP contribution in [0.25, 0.3) is 6.08 Å². The molecule has 68 valence electrons. The molecule has 0 aliphatic heterocycles. The van der Waals surface area contributed by atoms with Crippen LogP contribution in [-0.2, 0) is 0 Å². The lowest BCUT2D eigenvalue weighted by molar-refractivity contribution is 1.12. The molecule has 1 aliphatic rings. The van der Waals surface area contributed by atoms with Crippen molar-refractivity contribution in [2.24, 2.45) is 0 Å². The first-order valence-electron chi connectivity index (χ1n) is 4.80. The quantitative estimate of drug-likeness (QED) is 0.739. The normalized spacial score (nSPS) is 15.5. The molecular formula is C12H15N. The molecule has 1 aromatic rings. The molecule has 1 saturated carbocycles. The first-order valence-corrected chi connectivity index (χ1v) is 4.80. The molecule has 1 heteroatoms. The second-order valence-corrected chi connectivity index (χ2v) is 3.54. The molecule has 0 aromatic heterocycles. The fourth-order valence-corrected chi connectivity index (χ4v) is 1.78. The van der Waals surface area contributed by atoms with E-state index in [1.807, 2.05) is 13.1 Å². The summed E-state index contributed by atoms with van der Waals surface area (Å²) in [6.07, 6.45) is 4.64. The average Bonchev–Trinajstić information content (AvgIpc) is 2.99. The standard InChI is InChI=1S/C12H15N/c1-3-10-11(9-7-8-9)5-4-6-12(10)13-2/h3-6,9,13H,1,7-8H2,2H3. The number of nitrogens with one attached hydrogen (secondary N) is 1. The summed E-state index contributed by atoms with van der Waals surface area (Å²) >= 11 is 0. The number of hydrogen-bond acceptors (Lipinski definition) is 1. The molecule has 0 atom stereocenters. The Morgan fingerprint density at radius 3 is 2.77 bits per heavy atom. The van der Waals surface area contributed by atoms with Crippen molar-refractivity contribution in [3.8, 4) is 0 Å². The van der Waals surface area contributed by atoms with Crippen LogP contribution < -0.4 is 5.32 Å². The Labute approximate surface area is 79.5 Å². The monoisotopic (exact) mass is 173 g/mol. The topological polar surface area (TPSA) is 12.0 Å². The average molecular weight is 173 g/mol. The molecule has 0 heterocycles. The predicted octanol–water partition coefficient (Wildman–Crippen LogP) is 3.25. The van der Waals surface area contributed by atoms with Gasteiger partial charge in [-0.25, -0.2) is 0 Å². The van der Waals surface area contributed by atoms with Crippen LogP contribution in [0, 0.1) is 0 Å². The highest BCUT2D eigenvalue weighted by atomic mass is 14.8. The van der Waals surface area contributed by atoms with Crippen LogP contribution in [-0.4, -0.2) is 7.05 Å². The molecule has 0 unspecified atom stereocenters. The van der Waals surface area contributed by atoms with Crippen molar-refractivity contribution in [2.45, 2.75) is 18.8 Å². The molecule has 0 bridgehead atoms. The van der Waals surface area contributed by atoms with Crippen LogP contribution in [0.4, 0.5) is 5.69 Å². The minimum Gasteiger partial charge on any atom is -0.388 e. The van der Waals surface area contributed by atoms with Gasteiger partial charge in [0.05, 0.1) is 0 Å². The summed E-state index contributed by atoms with van der Waals surface area (Å²) in [6.45, 7) is 3.87. The van der Waals surface area contributed by atoms with Gasteiger partial charge in [0.2, 0.25) is 0 Å². The van der Waals surface area contributed by atoms with Gasteiger partial charge in [0.1, 0.15) is 0 Å². The zero-order chi connectivity index (χ0) is 9.26. The first kappa shape index (κ1) is 8.36. The smallest absolute Gasteiger partial charge is 0.0413 e. The Balaban J connectivity index is 2.47. The molecular weight excluding hydrogens is 158 g/mol. The van der Waals surface area contributed by atoms with Gasteiger partial charge in [-0.2, -0.15) is 0 Å². The van der Waals surface area contributed by atoms with E-state index < -0.39 is 0 Å². The minimum absolute atomic E-state index is 0.793. The number of rotatable bonds is 3. The van der Waals surface area contributed by atoms with E-state index >= 15 is 0 Å². The molecule has 1 aliphatic carbocycles. The first-order chi connectivity index (χ1) is 6.36. The maximum absolute atomic E-state index is 3.87. The van der Waals surface area contributed by atoms with Crippen molar-refractivity contribution in [2.75, 3.05) is 12.4 Å². The lowest BCUT2D eigenvalue weighted by Gasteiger charge is -2.10. The van der Waals surface area contributed by atoms with E-state index in [0.717, 1.165) is 5.92 Å². The van der Waals surface area contributed by atoms with Gasteiger partial charge < -0.3 is 5.32 Å². The minimum atomic E-state index is 0.793. The Morgan fingerprint density at radius 2 is 2.23 bits per heavy atom. The van der Waals surface area contributed by atoms with Gasteiger partial charge >= 0.3 is 0 Å². The van der Waals surface area contributed by atoms with Gasteiger partial charge in [-0.1, -0.05) is 24.8 Å². The fourth-order valence-electron chi connectivity index (χ4n) is 1.78. The zero-order valence-corrected chi connectivity index (χ0v) is 8.01. The molecule has 0 amide bonds. The highest BCUT2D eigenvalue weighted by Crippen LogP contribution is 2.43. The second kappa shape index (κ2) is 3.25. The van der Waals surface area contributed by atoms with Crippen LogP contribution in [0.15, 0.2) is 24.8 Å². The maximum Gasteiger partial charge on any atom is 0.0413 e. The van der Waals surface area contributed by atoms with Crippen LogP contribution in [0.5, 0.6) is 0 Å². The molecule has 13 heavy (non-hydrogen) atoms. The van der Waals surface area contributed by atoms with Crippen molar-refractivity contribution < 1.29 is 0 Å². The van der Waals surface area contributed by atoms with E-state index in [1.165, 1.54) is 29.7 Å². The zero-order valence-electron chi connectivity index (χ0n) is 8.01. The van der Waals surface area contributed by atoms with Gasteiger partial charge in [0.25, 0.3) is 0 Å². The lowest BCUT2D eigenvalue weighted by Crippen LogP contribution is -1.94. The molecule has 1 nitrogen and oxygen atoms in total. The van der Waals surface area contributed by atoms with Crippen molar-refractivity contribution >= 4 is 11.8 Å². The van der Waals surface area contributed by atoms with E-state index in [2.05, 4.69) is 30.1 Å². The molecule has 2 rings (SSSR count). The Morgan fingerprint density at radius 1 is 1.46 bits per heavy atom. The van der Waals surface area contributed by atoms with E-state index in [0.29, 0.717) is 0 Å². The Kier molecular flexibility index (Phi) is 2.09. The number of benzene rings is 1. The summed E-state index contributed by atoms with van der Waals surface area (Å²) in [5.74, 6) is 0.793. The van der Waals surface area contributed by atoms with E-state index in [9.17, 15) is 0 Å². The van der Waals surface area contributed by atoms with Gasteiger partial charge in [-0.05, 0) is 30.4 Å². The summed E-state index contributed by atoms with van der Waals surface area (Å²) in [4.78, 5) is 0. The van der Waals surface area contributed by atoms with Gasteiger partial charge in [-0.3, -0.25) is 0 Å². The summed E-state index contributed by atoms with van der Waals surface area (Å²) in [6, 6.07) is 6.44. The molecule has 1 fully saturated rings. The number of hydrogen-bond donors (Lipinski definition) is 1. The lowest BCUT2D eigenvalue weighted by atomic mass is 10.0. The van der Waals surface area contributed by atoms with Crippen LogP contribution in [0.3, 0.4) is 0 Å². The second-order valence-electron chi connectivity index (χ2n) is 3.54. The van der Waals surface area contributed by atoms with Crippen molar-refractivity contribution in [1.29, 1.82) is 0 Å². The highest BCUT2D eigenvalue weighted by molar-refractivity contribution is 5.69. The number of anilines is 1. The third-order valence-electron chi connectivity index (χ3n) is 2.63. The van der Waals surface area contributed by atoms with Gasteiger partial charge in [0, 0.05) is 18.3 Å². The third-order valence-corrected chi connectivity index (χ3v) is 2.63. The molecule has 1 aromatic carbocycles. The van der Waals surface area contributed by atoms with Crippen molar-refractivity contribution in [3.63, 3.8) is 0 Å². The highest BCUT2D eigenvalue weighted by Gasteiger charge is 2.25. The Bertz CT molecular complexity index is 324. The largest absolute Gasteiger partial charge is 0.388 e. The summed E-state index contributed by atoms with van der Waals surface area (Å²) in [5.41, 5.74) is 3.94. The molecule has 0 saturated heterocycles.